The van der Waals surface area contributed by atoms with Crippen LogP contribution in [0.2, 0.25) is 0 Å². The molecule has 190 valence electrons. The van der Waals surface area contributed by atoms with E-state index in [4.69, 9.17) is 0 Å². The molecule has 1 amide bonds. The number of non-ortho nitro benzene ring substituents is 1. The zero-order valence-corrected chi connectivity index (χ0v) is 20.6. The second kappa shape index (κ2) is 10.3. The number of nitrogens with zero attached hydrogens (tertiary/aromatic N) is 2. The Balaban J connectivity index is 1.66. The second-order valence-electron chi connectivity index (χ2n) is 9.43. The first kappa shape index (κ1) is 24.9. The van der Waals surface area contributed by atoms with E-state index < -0.39 is 16.3 Å². The quantitative estimate of drug-likeness (QED) is 0.200. The standard InChI is InChI=1S/C31H26N2O5/c34-29(35)20-31(24-11-5-2-6-12-24,25-14-16-26(17-15-25)33(37)38)28-13-7-10-23-21-32(19-18-27(23)28)30(36)22-8-3-1-4-9-22/h1-17H,18-21H2,(H,34,35). The highest BCUT2D eigenvalue weighted by molar-refractivity contribution is 5.94. The molecule has 5 rings (SSSR count). The van der Waals surface area contributed by atoms with Gasteiger partial charge in [-0.3, -0.25) is 19.7 Å². The minimum atomic E-state index is -1.08. The van der Waals surface area contributed by atoms with Crippen LogP contribution in [0, 0.1) is 10.1 Å². The highest BCUT2D eigenvalue weighted by Gasteiger charge is 2.41. The van der Waals surface area contributed by atoms with Crippen LogP contribution in [0.4, 0.5) is 5.69 Å². The van der Waals surface area contributed by atoms with Crippen LogP contribution in [0.25, 0.3) is 0 Å². The summed E-state index contributed by atoms with van der Waals surface area (Å²) in [6.07, 6.45) is 0.323. The number of rotatable bonds is 7. The molecule has 1 unspecified atom stereocenters. The third-order valence-corrected chi connectivity index (χ3v) is 7.29. The van der Waals surface area contributed by atoms with E-state index in [1.165, 1.54) is 12.1 Å². The lowest BCUT2D eigenvalue weighted by molar-refractivity contribution is -0.384. The molecule has 0 fully saturated rings. The summed E-state index contributed by atoms with van der Waals surface area (Å²) in [6.45, 7) is 0.908. The third-order valence-electron chi connectivity index (χ3n) is 7.29. The summed E-state index contributed by atoms with van der Waals surface area (Å²) < 4.78 is 0. The van der Waals surface area contributed by atoms with E-state index in [0.717, 1.165) is 22.3 Å². The van der Waals surface area contributed by atoms with E-state index in [0.29, 0.717) is 30.6 Å². The van der Waals surface area contributed by atoms with Crippen LogP contribution in [0.5, 0.6) is 0 Å². The van der Waals surface area contributed by atoms with Crippen LogP contribution in [-0.2, 0) is 23.2 Å². The van der Waals surface area contributed by atoms with Gasteiger partial charge in [-0.2, -0.15) is 0 Å². The van der Waals surface area contributed by atoms with Crippen LogP contribution in [0.3, 0.4) is 0 Å². The maximum absolute atomic E-state index is 13.2. The predicted octanol–water partition coefficient (Wildman–Crippen LogP) is 5.60. The largest absolute Gasteiger partial charge is 0.481 e. The molecule has 0 aliphatic carbocycles. The van der Waals surface area contributed by atoms with Gasteiger partial charge in [0.1, 0.15) is 0 Å². The molecule has 1 atom stereocenters. The maximum Gasteiger partial charge on any atom is 0.304 e. The molecule has 0 aromatic heterocycles. The normalized spacial score (nSPS) is 14.3. The lowest BCUT2D eigenvalue weighted by Gasteiger charge is -2.39. The van der Waals surface area contributed by atoms with Crippen molar-refractivity contribution in [3.63, 3.8) is 0 Å². The first-order valence-corrected chi connectivity index (χ1v) is 12.4. The smallest absolute Gasteiger partial charge is 0.304 e. The minimum absolute atomic E-state index is 0.0446. The number of nitro groups is 1. The lowest BCUT2D eigenvalue weighted by atomic mass is 9.65. The molecule has 7 heteroatoms. The summed E-state index contributed by atoms with van der Waals surface area (Å²) >= 11 is 0. The lowest BCUT2D eigenvalue weighted by Crippen LogP contribution is -2.39. The van der Waals surface area contributed by atoms with E-state index in [1.807, 2.05) is 71.6 Å². The van der Waals surface area contributed by atoms with Crippen molar-refractivity contribution < 1.29 is 19.6 Å². The molecule has 1 N–H and O–H groups in total. The zero-order valence-electron chi connectivity index (χ0n) is 20.6. The summed E-state index contributed by atoms with van der Waals surface area (Å²) in [6, 6.07) is 30.5. The molecule has 1 aliphatic heterocycles. The van der Waals surface area contributed by atoms with E-state index in [-0.39, 0.29) is 18.0 Å². The molecule has 4 aromatic carbocycles. The number of carbonyl (C=O) groups is 2. The van der Waals surface area contributed by atoms with Crippen molar-refractivity contribution in [2.24, 2.45) is 0 Å². The van der Waals surface area contributed by atoms with E-state index in [2.05, 4.69) is 0 Å². The number of hydrogen-bond acceptors (Lipinski definition) is 4. The number of nitro benzene ring substituents is 1. The molecule has 0 spiro atoms. The molecule has 4 aromatic rings. The number of hydrogen-bond donors (Lipinski definition) is 1. The Bertz CT molecular complexity index is 1490. The monoisotopic (exact) mass is 506 g/mol. The average molecular weight is 507 g/mol. The van der Waals surface area contributed by atoms with Crippen molar-refractivity contribution in [3.8, 4) is 0 Å². The fourth-order valence-corrected chi connectivity index (χ4v) is 5.54. The van der Waals surface area contributed by atoms with Gasteiger partial charge in [-0.05, 0) is 46.4 Å². The third kappa shape index (κ3) is 4.54. The van der Waals surface area contributed by atoms with Gasteiger partial charge in [0.15, 0.2) is 0 Å². The van der Waals surface area contributed by atoms with Crippen LogP contribution in [-0.4, -0.2) is 33.4 Å². The van der Waals surface area contributed by atoms with Crippen molar-refractivity contribution in [2.45, 2.75) is 24.8 Å². The Labute approximate surface area is 220 Å². The number of aliphatic carboxylic acids is 1. The Hall–Kier alpha value is -4.78. The van der Waals surface area contributed by atoms with Crippen molar-refractivity contribution in [2.75, 3.05) is 6.54 Å². The second-order valence-corrected chi connectivity index (χ2v) is 9.43. The molecule has 1 aliphatic rings. The Morgan fingerprint density at radius 1 is 0.842 bits per heavy atom. The van der Waals surface area contributed by atoms with Gasteiger partial charge in [0, 0.05) is 30.8 Å². The van der Waals surface area contributed by atoms with Gasteiger partial charge < -0.3 is 10.0 Å². The molecule has 38 heavy (non-hydrogen) atoms. The van der Waals surface area contributed by atoms with E-state index >= 15 is 0 Å². The predicted molar refractivity (Wildman–Crippen MR) is 143 cm³/mol. The Morgan fingerprint density at radius 2 is 1.47 bits per heavy atom. The number of carbonyl (C=O) groups excluding carboxylic acids is 1. The first-order valence-electron chi connectivity index (χ1n) is 12.4. The molecular weight excluding hydrogens is 480 g/mol. The molecule has 0 bridgehead atoms. The van der Waals surface area contributed by atoms with Crippen molar-refractivity contribution in [3.05, 3.63) is 147 Å². The molecule has 0 saturated carbocycles. The van der Waals surface area contributed by atoms with Gasteiger partial charge in [0.25, 0.3) is 11.6 Å². The number of carboxylic acid groups (broad SMARTS) is 1. The summed E-state index contributed by atoms with van der Waals surface area (Å²) in [5, 5.41) is 21.5. The molecule has 0 saturated heterocycles. The number of fused-ring (bicyclic) bond motifs is 1. The van der Waals surface area contributed by atoms with Crippen molar-refractivity contribution in [1.29, 1.82) is 0 Å². The average Bonchev–Trinajstić information content (AvgIpc) is 2.96. The number of amides is 1. The SMILES string of the molecule is O=C(O)CC(c1ccccc1)(c1ccc([N+](=O)[O-])cc1)c1cccc2c1CCN(C(=O)c1ccccc1)C2. The fraction of sp³-hybridized carbons (Fsp3) is 0.161. The molecular formula is C31H26N2O5. The first-order chi connectivity index (χ1) is 18.4. The van der Waals surface area contributed by atoms with Crippen LogP contribution >= 0.6 is 0 Å². The van der Waals surface area contributed by atoms with Gasteiger partial charge in [0.05, 0.1) is 16.8 Å². The summed E-state index contributed by atoms with van der Waals surface area (Å²) in [5.74, 6) is -1.03. The summed E-state index contributed by atoms with van der Waals surface area (Å²) in [4.78, 5) is 38.3. The van der Waals surface area contributed by atoms with Gasteiger partial charge in [-0.1, -0.05) is 78.9 Å². The highest BCUT2D eigenvalue weighted by Crippen LogP contribution is 2.45. The van der Waals surface area contributed by atoms with Gasteiger partial charge in [0.2, 0.25) is 0 Å². The Kier molecular flexibility index (Phi) is 6.75. The highest BCUT2D eigenvalue weighted by atomic mass is 16.6. The van der Waals surface area contributed by atoms with Gasteiger partial charge >= 0.3 is 5.97 Å². The fourth-order valence-electron chi connectivity index (χ4n) is 5.54. The van der Waals surface area contributed by atoms with Crippen LogP contribution < -0.4 is 0 Å². The minimum Gasteiger partial charge on any atom is -0.481 e. The Morgan fingerprint density at radius 3 is 2.11 bits per heavy atom. The van der Waals surface area contributed by atoms with Crippen molar-refractivity contribution >= 4 is 17.6 Å². The summed E-state index contributed by atoms with van der Waals surface area (Å²) in [5.41, 5.74) is 3.74. The number of carboxylic acids is 1. The van der Waals surface area contributed by atoms with Gasteiger partial charge in [-0.25, -0.2) is 0 Å². The molecule has 0 radical (unpaired) electrons. The van der Waals surface area contributed by atoms with E-state index in [1.54, 1.807) is 24.3 Å². The molecule has 1 heterocycles. The zero-order chi connectivity index (χ0) is 26.7. The van der Waals surface area contributed by atoms with Crippen LogP contribution in [0.15, 0.2) is 103 Å². The van der Waals surface area contributed by atoms with Crippen molar-refractivity contribution in [1.82, 2.24) is 4.90 Å². The number of benzene rings is 4. The topological polar surface area (TPSA) is 101 Å². The van der Waals surface area contributed by atoms with Gasteiger partial charge in [-0.15, -0.1) is 0 Å². The molecule has 7 nitrogen and oxygen atoms in total. The maximum atomic E-state index is 13.2. The van der Waals surface area contributed by atoms with Crippen LogP contribution in [0.1, 0.15) is 44.6 Å². The summed E-state index contributed by atoms with van der Waals surface area (Å²) in [7, 11) is 0. The van der Waals surface area contributed by atoms with E-state index in [9.17, 15) is 24.8 Å².